The summed E-state index contributed by atoms with van der Waals surface area (Å²) in [6.07, 6.45) is 1.69. The molecule has 1 saturated heterocycles. The molecule has 1 aliphatic heterocycles. The molecular weight excluding hydrogens is 324 g/mol. The lowest BCUT2D eigenvalue weighted by molar-refractivity contribution is -0.198. The van der Waals surface area contributed by atoms with Crippen LogP contribution in [0, 0.1) is 23.2 Å². The molecule has 0 radical (unpaired) electrons. The lowest BCUT2D eigenvalue weighted by atomic mass is 9.79. The SMILES string of the molecule is CCC(C)(C)C(=O)OC(C)(C)C(=O)OC1C2CC3C(=O)OC1(C)C3C2. The Kier molecular flexibility index (Phi) is 3.97. The van der Waals surface area contributed by atoms with Crippen LogP contribution >= 0.6 is 0 Å². The minimum Gasteiger partial charge on any atom is -0.455 e. The Hall–Kier alpha value is -1.59. The van der Waals surface area contributed by atoms with Crippen LogP contribution in [0.3, 0.4) is 0 Å². The van der Waals surface area contributed by atoms with Crippen molar-refractivity contribution in [2.45, 2.75) is 78.1 Å². The Balaban J connectivity index is 1.70. The molecule has 0 spiro atoms. The second-order valence-corrected chi connectivity index (χ2v) is 9.01. The first-order valence-corrected chi connectivity index (χ1v) is 9.10. The third-order valence-electron chi connectivity index (χ3n) is 6.46. The quantitative estimate of drug-likeness (QED) is 0.559. The summed E-state index contributed by atoms with van der Waals surface area (Å²) >= 11 is 0. The summed E-state index contributed by atoms with van der Waals surface area (Å²) in [6.45, 7) is 10.4. The molecule has 6 nitrogen and oxygen atoms in total. The summed E-state index contributed by atoms with van der Waals surface area (Å²) in [5, 5.41) is 0. The number of fused-ring (bicyclic) bond motifs is 1. The molecule has 3 rings (SSSR count). The van der Waals surface area contributed by atoms with Crippen LogP contribution in [0.1, 0.15) is 60.8 Å². The van der Waals surface area contributed by atoms with Crippen molar-refractivity contribution in [1.82, 2.24) is 0 Å². The van der Waals surface area contributed by atoms with Crippen molar-refractivity contribution in [3.63, 3.8) is 0 Å². The average molecular weight is 352 g/mol. The highest BCUT2D eigenvalue weighted by Crippen LogP contribution is 2.61. The highest BCUT2D eigenvalue weighted by atomic mass is 16.6. The average Bonchev–Trinajstić information content (AvgIpc) is 3.10. The van der Waals surface area contributed by atoms with E-state index >= 15 is 0 Å². The minimum atomic E-state index is -1.39. The normalized spacial score (nSPS) is 36.3. The highest BCUT2D eigenvalue weighted by Gasteiger charge is 2.70. The molecule has 5 unspecified atom stereocenters. The number of esters is 3. The van der Waals surface area contributed by atoms with Crippen molar-refractivity contribution in [3.05, 3.63) is 0 Å². The minimum absolute atomic E-state index is 0.0545. The Morgan fingerprint density at radius 1 is 1.20 bits per heavy atom. The van der Waals surface area contributed by atoms with Crippen molar-refractivity contribution in [2.24, 2.45) is 23.2 Å². The van der Waals surface area contributed by atoms with Gasteiger partial charge in [-0.1, -0.05) is 6.92 Å². The van der Waals surface area contributed by atoms with Gasteiger partial charge in [0.2, 0.25) is 5.60 Å². The zero-order valence-electron chi connectivity index (χ0n) is 15.9. The van der Waals surface area contributed by atoms with Crippen LogP contribution in [0.2, 0.25) is 0 Å². The van der Waals surface area contributed by atoms with Crippen molar-refractivity contribution in [1.29, 1.82) is 0 Å². The summed E-state index contributed by atoms with van der Waals surface area (Å²) in [6, 6.07) is 0. The Labute approximate surface area is 148 Å². The highest BCUT2D eigenvalue weighted by molar-refractivity contribution is 5.85. The summed E-state index contributed by atoms with van der Waals surface area (Å²) in [5.74, 6) is -0.999. The summed E-state index contributed by atoms with van der Waals surface area (Å²) in [4.78, 5) is 37.0. The first-order valence-electron chi connectivity index (χ1n) is 9.10. The second-order valence-electron chi connectivity index (χ2n) is 9.01. The summed E-state index contributed by atoms with van der Waals surface area (Å²) in [7, 11) is 0. The second kappa shape index (κ2) is 5.45. The zero-order valence-corrected chi connectivity index (χ0v) is 15.9. The van der Waals surface area contributed by atoms with Gasteiger partial charge in [-0.05, 0) is 53.9 Å². The molecule has 6 heteroatoms. The van der Waals surface area contributed by atoms with E-state index in [2.05, 4.69) is 0 Å². The van der Waals surface area contributed by atoms with Gasteiger partial charge in [0.1, 0.15) is 11.7 Å². The molecule has 0 amide bonds. The maximum Gasteiger partial charge on any atom is 0.350 e. The van der Waals surface area contributed by atoms with Crippen molar-refractivity contribution >= 4 is 17.9 Å². The van der Waals surface area contributed by atoms with Gasteiger partial charge in [-0.15, -0.1) is 0 Å². The first-order chi connectivity index (χ1) is 11.4. The molecule has 5 atom stereocenters. The van der Waals surface area contributed by atoms with Gasteiger partial charge in [-0.2, -0.15) is 0 Å². The Morgan fingerprint density at radius 2 is 1.84 bits per heavy atom. The number of hydrogen-bond donors (Lipinski definition) is 0. The van der Waals surface area contributed by atoms with Crippen LogP contribution < -0.4 is 0 Å². The summed E-state index contributed by atoms with van der Waals surface area (Å²) < 4.78 is 16.8. The molecule has 140 valence electrons. The number of carbonyl (C=O) groups excluding carboxylic acids is 3. The van der Waals surface area contributed by atoms with Crippen LogP contribution in [-0.2, 0) is 28.6 Å². The van der Waals surface area contributed by atoms with E-state index in [4.69, 9.17) is 14.2 Å². The van der Waals surface area contributed by atoms with Crippen molar-refractivity contribution < 1.29 is 28.6 Å². The van der Waals surface area contributed by atoms with Gasteiger partial charge in [-0.25, -0.2) is 4.79 Å². The fourth-order valence-corrected chi connectivity index (χ4v) is 4.35. The van der Waals surface area contributed by atoms with Gasteiger partial charge < -0.3 is 14.2 Å². The number of hydrogen-bond acceptors (Lipinski definition) is 6. The molecule has 3 fully saturated rings. The van der Waals surface area contributed by atoms with E-state index in [1.807, 2.05) is 13.8 Å². The maximum atomic E-state index is 12.7. The molecule has 2 saturated carbocycles. The molecule has 1 heterocycles. The third kappa shape index (κ3) is 2.64. The fraction of sp³-hybridized carbons (Fsp3) is 0.842. The van der Waals surface area contributed by atoms with Crippen LogP contribution in [0.15, 0.2) is 0 Å². The predicted molar refractivity (Wildman–Crippen MR) is 88.3 cm³/mol. The molecule has 0 N–H and O–H groups in total. The van der Waals surface area contributed by atoms with Crippen molar-refractivity contribution in [3.8, 4) is 0 Å². The van der Waals surface area contributed by atoms with Crippen molar-refractivity contribution in [2.75, 3.05) is 0 Å². The zero-order chi connectivity index (χ0) is 18.8. The monoisotopic (exact) mass is 352 g/mol. The topological polar surface area (TPSA) is 78.9 Å². The molecule has 25 heavy (non-hydrogen) atoms. The van der Waals surface area contributed by atoms with E-state index in [1.165, 1.54) is 13.8 Å². The van der Waals surface area contributed by atoms with Gasteiger partial charge in [0.25, 0.3) is 0 Å². The van der Waals surface area contributed by atoms with Gasteiger partial charge in [0.15, 0.2) is 0 Å². The van der Waals surface area contributed by atoms with E-state index in [0.29, 0.717) is 12.8 Å². The van der Waals surface area contributed by atoms with E-state index in [1.54, 1.807) is 13.8 Å². The van der Waals surface area contributed by atoms with E-state index in [0.717, 1.165) is 6.42 Å². The molecule has 2 bridgehead atoms. The number of ether oxygens (including phenoxy) is 3. The smallest absolute Gasteiger partial charge is 0.350 e. The molecule has 2 aliphatic carbocycles. The predicted octanol–water partition coefficient (Wildman–Crippen LogP) is 2.63. The van der Waals surface area contributed by atoms with E-state index < -0.39 is 34.7 Å². The van der Waals surface area contributed by atoms with Gasteiger partial charge in [-0.3, -0.25) is 9.59 Å². The lowest BCUT2D eigenvalue weighted by Crippen LogP contribution is -2.50. The first kappa shape index (κ1) is 18.2. The van der Waals surface area contributed by atoms with Gasteiger partial charge in [0, 0.05) is 11.8 Å². The third-order valence-corrected chi connectivity index (χ3v) is 6.46. The number of rotatable bonds is 5. The molecule has 3 aliphatic rings. The maximum absolute atomic E-state index is 12.7. The van der Waals surface area contributed by atoms with Crippen LogP contribution in [-0.4, -0.2) is 35.2 Å². The number of carbonyl (C=O) groups is 3. The summed E-state index contributed by atoms with van der Waals surface area (Å²) in [5.41, 5.74) is -2.79. The Morgan fingerprint density at radius 3 is 2.44 bits per heavy atom. The standard InChI is InChI=1S/C19H28O6/c1-7-17(2,3)15(21)25-18(4,5)16(22)23-13-10-8-11-12(9-10)19(13,6)24-14(11)20/h10-13H,7-9H2,1-6H3. The molecule has 0 aromatic carbocycles. The Bertz CT molecular complexity index is 621. The largest absolute Gasteiger partial charge is 0.455 e. The van der Waals surface area contributed by atoms with Crippen LogP contribution in [0.4, 0.5) is 0 Å². The molecular formula is C19H28O6. The lowest BCUT2D eigenvalue weighted by Gasteiger charge is -2.36. The van der Waals surface area contributed by atoms with Crippen LogP contribution in [0.25, 0.3) is 0 Å². The fourth-order valence-electron chi connectivity index (χ4n) is 4.35. The van der Waals surface area contributed by atoms with Crippen LogP contribution in [0.5, 0.6) is 0 Å². The molecule has 0 aromatic heterocycles. The van der Waals surface area contributed by atoms with Gasteiger partial charge in [0.05, 0.1) is 11.3 Å². The van der Waals surface area contributed by atoms with E-state index in [9.17, 15) is 14.4 Å². The molecule has 0 aromatic rings. The van der Waals surface area contributed by atoms with E-state index in [-0.39, 0.29) is 23.7 Å². The van der Waals surface area contributed by atoms with Gasteiger partial charge >= 0.3 is 17.9 Å².